The van der Waals surface area contributed by atoms with Gasteiger partial charge in [-0.25, -0.2) is 0 Å². The third-order valence-electron chi connectivity index (χ3n) is 4.59. The smallest absolute Gasteiger partial charge is 0.259 e. The van der Waals surface area contributed by atoms with Crippen LogP contribution in [0.4, 0.5) is 5.69 Å². The molecule has 3 rings (SSSR count). The van der Waals surface area contributed by atoms with Crippen molar-refractivity contribution in [2.24, 2.45) is 0 Å². The zero-order valence-corrected chi connectivity index (χ0v) is 18.1. The van der Waals surface area contributed by atoms with Gasteiger partial charge in [0, 0.05) is 6.07 Å². The molecule has 1 heterocycles. The summed E-state index contributed by atoms with van der Waals surface area (Å²) in [4.78, 5) is 12.8. The first-order valence-corrected chi connectivity index (χ1v) is 9.61. The van der Waals surface area contributed by atoms with Gasteiger partial charge in [-0.15, -0.1) is 0 Å². The topological polar surface area (TPSA) is 65.4 Å². The summed E-state index contributed by atoms with van der Waals surface area (Å²) in [6.07, 6.45) is 0. The van der Waals surface area contributed by atoms with Crippen LogP contribution in [-0.4, -0.2) is 29.9 Å². The van der Waals surface area contributed by atoms with Crippen LogP contribution in [0, 0.1) is 13.8 Å². The molecule has 0 saturated carbocycles. The van der Waals surface area contributed by atoms with E-state index in [1.807, 2.05) is 24.6 Å². The number of halogens is 2. The molecule has 1 aromatic heterocycles. The first-order chi connectivity index (χ1) is 13.8. The number of carbonyl (C=O) groups is 1. The molecule has 3 aromatic rings. The lowest BCUT2D eigenvalue weighted by atomic mass is 10.1. The Morgan fingerprint density at radius 1 is 1.07 bits per heavy atom. The Hall–Kier alpha value is -2.70. The van der Waals surface area contributed by atoms with Crippen LogP contribution in [0.15, 0.2) is 36.4 Å². The molecule has 152 valence electrons. The van der Waals surface area contributed by atoms with Crippen LogP contribution < -0.4 is 14.8 Å². The lowest BCUT2D eigenvalue weighted by molar-refractivity contribution is 0.102. The van der Waals surface area contributed by atoms with E-state index in [2.05, 4.69) is 10.4 Å². The van der Waals surface area contributed by atoms with Gasteiger partial charge in [-0.3, -0.25) is 9.48 Å². The Morgan fingerprint density at radius 2 is 1.83 bits per heavy atom. The van der Waals surface area contributed by atoms with Crippen LogP contribution in [-0.2, 0) is 6.54 Å². The minimum Gasteiger partial charge on any atom is -0.497 e. The van der Waals surface area contributed by atoms with Gasteiger partial charge in [0.15, 0.2) is 0 Å². The molecule has 0 unspecified atom stereocenters. The van der Waals surface area contributed by atoms with Gasteiger partial charge in [0.25, 0.3) is 5.91 Å². The molecular weight excluding hydrogens is 413 g/mol. The Kier molecular flexibility index (Phi) is 6.35. The first-order valence-electron chi connectivity index (χ1n) is 8.85. The van der Waals surface area contributed by atoms with E-state index in [0.717, 1.165) is 11.3 Å². The van der Waals surface area contributed by atoms with Crippen molar-refractivity contribution in [1.29, 1.82) is 0 Å². The molecule has 1 N–H and O–H groups in total. The summed E-state index contributed by atoms with van der Waals surface area (Å²) in [6, 6.07) is 10.5. The number of ether oxygens (including phenoxy) is 2. The lowest BCUT2D eigenvalue weighted by Gasteiger charge is -2.11. The van der Waals surface area contributed by atoms with Crippen LogP contribution in [0.3, 0.4) is 0 Å². The highest BCUT2D eigenvalue weighted by atomic mass is 35.5. The molecule has 2 aromatic carbocycles. The van der Waals surface area contributed by atoms with Crippen LogP contribution in [0.2, 0.25) is 10.0 Å². The highest BCUT2D eigenvalue weighted by Gasteiger charge is 2.18. The third-order valence-corrected chi connectivity index (χ3v) is 5.33. The van der Waals surface area contributed by atoms with Crippen LogP contribution in [0.5, 0.6) is 11.5 Å². The summed E-state index contributed by atoms with van der Waals surface area (Å²) in [5.74, 6) is 0.755. The van der Waals surface area contributed by atoms with Crippen molar-refractivity contribution in [1.82, 2.24) is 9.78 Å². The van der Waals surface area contributed by atoms with Crippen molar-refractivity contribution < 1.29 is 14.3 Å². The van der Waals surface area contributed by atoms with Crippen molar-refractivity contribution in [2.75, 3.05) is 19.5 Å². The molecule has 0 aliphatic heterocycles. The molecule has 0 spiro atoms. The van der Waals surface area contributed by atoms with Crippen LogP contribution >= 0.6 is 23.2 Å². The van der Waals surface area contributed by atoms with E-state index < -0.39 is 0 Å². The van der Waals surface area contributed by atoms with Gasteiger partial charge in [-0.2, -0.15) is 5.10 Å². The van der Waals surface area contributed by atoms with Gasteiger partial charge in [-0.1, -0.05) is 29.3 Å². The monoisotopic (exact) mass is 433 g/mol. The number of methoxy groups -OCH3 is 2. The molecule has 8 heteroatoms. The van der Waals surface area contributed by atoms with Crippen LogP contribution in [0.25, 0.3) is 0 Å². The number of carbonyl (C=O) groups excluding carboxylic acids is 1. The summed E-state index contributed by atoms with van der Waals surface area (Å²) in [5, 5.41) is 8.49. The highest BCUT2D eigenvalue weighted by Crippen LogP contribution is 2.28. The Bertz CT molecular complexity index is 1060. The fourth-order valence-corrected chi connectivity index (χ4v) is 3.33. The maximum atomic E-state index is 12.8. The lowest BCUT2D eigenvalue weighted by Crippen LogP contribution is -2.14. The summed E-state index contributed by atoms with van der Waals surface area (Å²) in [5.41, 5.74) is 3.56. The van der Waals surface area contributed by atoms with Crippen molar-refractivity contribution in [3.63, 3.8) is 0 Å². The molecule has 6 nitrogen and oxygen atoms in total. The molecule has 0 aliphatic carbocycles. The van der Waals surface area contributed by atoms with Gasteiger partial charge in [0.2, 0.25) is 0 Å². The fourth-order valence-electron chi connectivity index (χ4n) is 3.01. The van der Waals surface area contributed by atoms with E-state index in [-0.39, 0.29) is 5.91 Å². The predicted molar refractivity (Wildman–Crippen MR) is 115 cm³/mol. The van der Waals surface area contributed by atoms with Crippen molar-refractivity contribution in [3.05, 3.63) is 69.0 Å². The highest BCUT2D eigenvalue weighted by molar-refractivity contribution is 6.42. The minimum atomic E-state index is -0.287. The van der Waals surface area contributed by atoms with E-state index in [4.69, 9.17) is 32.7 Å². The quantitative estimate of drug-likeness (QED) is 0.585. The van der Waals surface area contributed by atoms with Crippen molar-refractivity contribution >= 4 is 34.8 Å². The maximum absolute atomic E-state index is 12.8. The average Bonchev–Trinajstić information content (AvgIpc) is 2.97. The number of anilines is 1. The number of rotatable bonds is 6. The van der Waals surface area contributed by atoms with E-state index in [0.29, 0.717) is 45.0 Å². The number of hydrogen-bond donors (Lipinski definition) is 1. The second-order valence-corrected chi connectivity index (χ2v) is 7.29. The number of benzene rings is 2. The Labute approximate surface area is 179 Å². The molecule has 0 aliphatic rings. The molecule has 0 radical (unpaired) electrons. The van der Waals surface area contributed by atoms with Gasteiger partial charge in [0.05, 0.1) is 53.4 Å². The summed E-state index contributed by atoms with van der Waals surface area (Å²) < 4.78 is 12.3. The summed E-state index contributed by atoms with van der Waals surface area (Å²) in [7, 11) is 3.07. The number of amides is 1. The van der Waals surface area contributed by atoms with Crippen molar-refractivity contribution in [2.45, 2.75) is 20.4 Å². The summed E-state index contributed by atoms with van der Waals surface area (Å²) >= 11 is 12.1. The van der Waals surface area contributed by atoms with Crippen molar-refractivity contribution in [3.8, 4) is 11.5 Å². The molecule has 0 bridgehead atoms. The second-order valence-electron chi connectivity index (χ2n) is 6.47. The summed E-state index contributed by atoms with van der Waals surface area (Å²) in [6.45, 7) is 4.25. The second kappa shape index (κ2) is 8.76. The number of aryl methyl sites for hydroxylation is 1. The normalized spacial score (nSPS) is 10.7. The third kappa shape index (κ3) is 4.49. The predicted octanol–water partition coefficient (Wildman–Crippen LogP) is 5.12. The SMILES string of the molecule is COc1ccc(C(=O)Nc2c(C)nn(Cc3ccc(Cl)c(Cl)c3)c2C)c(OC)c1. The van der Waals surface area contributed by atoms with Crippen LogP contribution in [0.1, 0.15) is 27.3 Å². The standard InChI is InChI=1S/C21H21Cl2N3O3/c1-12-20(24-21(27)16-7-6-15(28-3)10-19(16)29-4)13(2)26(25-12)11-14-5-8-17(22)18(23)9-14/h5-10H,11H2,1-4H3,(H,24,27). The number of hydrogen-bond acceptors (Lipinski definition) is 4. The number of nitrogens with one attached hydrogen (secondary N) is 1. The Morgan fingerprint density at radius 3 is 2.48 bits per heavy atom. The van der Waals surface area contributed by atoms with E-state index in [1.165, 1.54) is 7.11 Å². The van der Waals surface area contributed by atoms with E-state index in [1.54, 1.807) is 37.4 Å². The minimum absolute atomic E-state index is 0.287. The van der Waals surface area contributed by atoms with Gasteiger partial charge < -0.3 is 14.8 Å². The zero-order chi connectivity index (χ0) is 21.1. The molecular formula is C21H21Cl2N3O3. The first kappa shape index (κ1) is 21.0. The molecule has 1 amide bonds. The Balaban J connectivity index is 1.85. The van der Waals surface area contributed by atoms with E-state index in [9.17, 15) is 4.79 Å². The number of nitrogens with zero attached hydrogens (tertiary/aromatic N) is 2. The van der Waals surface area contributed by atoms with E-state index >= 15 is 0 Å². The average molecular weight is 434 g/mol. The molecule has 29 heavy (non-hydrogen) atoms. The largest absolute Gasteiger partial charge is 0.497 e. The van der Waals surface area contributed by atoms with Gasteiger partial charge in [0.1, 0.15) is 11.5 Å². The van der Waals surface area contributed by atoms with Gasteiger partial charge in [-0.05, 0) is 43.7 Å². The zero-order valence-electron chi connectivity index (χ0n) is 16.5. The number of aromatic nitrogens is 2. The molecule has 0 saturated heterocycles. The fraction of sp³-hybridized carbons (Fsp3) is 0.238. The van der Waals surface area contributed by atoms with Gasteiger partial charge >= 0.3 is 0 Å². The molecule has 0 atom stereocenters. The molecule has 0 fully saturated rings. The maximum Gasteiger partial charge on any atom is 0.259 e.